The van der Waals surface area contributed by atoms with E-state index >= 15 is 0 Å². The monoisotopic (exact) mass is 635 g/mol. The smallest absolute Gasteiger partial charge is 0.270 e. The average molecular weight is 636 g/mol. The maximum Gasteiger partial charge on any atom is 0.270 e. The number of hydrogen-bond donors (Lipinski definition) is 2. The van der Waals surface area contributed by atoms with Gasteiger partial charge in [-0.15, -0.1) is 0 Å². The molecule has 0 bridgehead atoms. The number of amidine groups is 1. The molecule has 0 aliphatic heterocycles. The summed E-state index contributed by atoms with van der Waals surface area (Å²) in [5.41, 5.74) is 9.79. The Labute approximate surface area is 275 Å². The van der Waals surface area contributed by atoms with Crippen LogP contribution in [0.3, 0.4) is 0 Å². The molecule has 0 aliphatic carbocycles. The van der Waals surface area contributed by atoms with E-state index in [1.54, 1.807) is 12.1 Å². The van der Waals surface area contributed by atoms with Crippen LogP contribution in [-0.4, -0.2) is 39.8 Å². The SMILES string of the molecule is CC.CC.CC(C)CCC(=O)CN=C(N)c1ccc(C(C)C)cc1.CCc1cc(CNC(=O)c2cc(C(C)=O)ncn2)ccc1F. The van der Waals surface area contributed by atoms with Crippen LogP contribution in [0.15, 0.2) is 59.9 Å². The van der Waals surface area contributed by atoms with Crippen LogP contribution in [0.1, 0.15) is 131 Å². The molecule has 9 heteroatoms. The van der Waals surface area contributed by atoms with Gasteiger partial charge in [-0.05, 0) is 53.5 Å². The normalized spacial score (nSPS) is 10.5. The molecule has 1 amide bonds. The molecule has 0 aliphatic rings. The number of aliphatic imine (C=N–C) groups is 1. The Morgan fingerprint density at radius 3 is 2.07 bits per heavy atom. The van der Waals surface area contributed by atoms with Crippen molar-refractivity contribution in [3.05, 3.63) is 94.3 Å². The topological polar surface area (TPSA) is 127 Å². The molecule has 0 spiro atoms. The van der Waals surface area contributed by atoms with Gasteiger partial charge < -0.3 is 11.1 Å². The lowest BCUT2D eigenvalue weighted by atomic mass is 10.0. The van der Waals surface area contributed by atoms with Gasteiger partial charge in [-0.2, -0.15) is 0 Å². The van der Waals surface area contributed by atoms with E-state index in [-0.39, 0.29) is 41.9 Å². The average Bonchev–Trinajstić information content (AvgIpc) is 3.07. The molecule has 1 heterocycles. The van der Waals surface area contributed by atoms with Crippen molar-refractivity contribution in [2.75, 3.05) is 6.54 Å². The summed E-state index contributed by atoms with van der Waals surface area (Å²) in [6.45, 7) is 20.2. The molecule has 3 N–H and O–H groups in total. The van der Waals surface area contributed by atoms with Crippen molar-refractivity contribution in [2.24, 2.45) is 16.6 Å². The molecule has 0 saturated heterocycles. The van der Waals surface area contributed by atoms with Gasteiger partial charge in [0.15, 0.2) is 11.6 Å². The van der Waals surface area contributed by atoms with Crippen LogP contribution in [0.5, 0.6) is 0 Å². The molecule has 8 nitrogen and oxygen atoms in total. The molecule has 0 unspecified atom stereocenters. The van der Waals surface area contributed by atoms with Crippen LogP contribution in [0, 0.1) is 11.7 Å². The van der Waals surface area contributed by atoms with Gasteiger partial charge >= 0.3 is 0 Å². The van der Waals surface area contributed by atoms with E-state index < -0.39 is 5.91 Å². The van der Waals surface area contributed by atoms with Crippen molar-refractivity contribution < 1.29 is 18.8 Å². The van der Waals surface area contributed by atoms with E-state index in [1.165, 1.54) is 30.9 Å². The molecular weight excluding hydrogens is 581 g/mol. The highest BCUT2D eigenvalue weighted by molar-refractivity contribution is 5.99. The molecule has 0 atom stereocenters. The summed E-state index contributed by atoms with van der Waals surface area (Å²) < 4.78 is 13.4. The van der Waals surface area contributed by atoms with E-state index in [2.05, 4.69) is 60.1 Å². The first-order valence-electron chi connectivity index (χ1n) is 16.2. The first kappa shape index (κ1) is 41.7. The van der Waals surface area contributed by atoms with Gasteiger partial charge in [0.2, 0.25) is 0 Å². The lowest BCUT2D eigenvalue weighted by molar-refractivity contribution is -0.117. The second-order valence-corrected chi connectivity index (χ2v) is 10.8. The lowest BCUT2D eigenvalue weighted by Gasteiger charge is -2.07. The Morgan fingerprint density at radius 2 is 1.52 bits per heavy atom. The van der Waals surface area contributed by atoms with Crippen LogP contribution in [0.2, 0.25) is 0 Å². The Bertz CT molecular complexity index is 1390. The standard InChI is InChI=1S/C17H26N2O.C16H16FN3O2.2C2H6/c1-12(2)5-10-16(20)11-19-17(18)15-8-6-14(7-9-15)13(3)4;1-3-12-6-11(4-5-13(12)17)8-18-16(22)15-7-14(10(2)21)19-9-20-15;2*1-2/h6-9,12-13H,5,10-11H2,1-4H3,(H2,18,19);4-7,9H,3,8H2,1-2H3,(H,18,22);2*1-2H3. The highest BCUT2D eigenvalue weighted by Crippen LogP contribution is 2.15. The minimum absolute atomic E-state index is 0.123. The van der Waals surface area contributed by atoms with Crippen molar-refractivity contribution in [3.8, 4) is 0 Å². The zero-order valence-electron chi connectivity index (χ0n) is 29.4. The molecule has 0 fully saturated rings. The summed E-state index contributed by atoms with van der Waals surface area (Å²) in [6, 6.07) is 14.1. The number of halogens is 1. The fourth-order valence-corrected chi connectivity index (χ4v) is 3.79. The molecule has 46 heavy (non-hydrogen) atoms. The molecule has 3 rings (SSSR count). The number of aryl methyl sites for hydroxylation is 1. The fraction of sp³-hybridized carbons (Fsp3) is 0.459. The van der Waals surface area contributed by atoms with Gasteiger partial charge in [-0.3, -0.25) is 19.4 Å². The Morgan fingerprint density at radius 1 is 0.913 bits per heavy atom. The van der Waals surface area contributed by atoms with E-state index in [4.69, 9.17) is 5.73 Å². The highest BCUT2D eigenvalue weighted by Gasteiger charge is 2.11. The van der Waals surface area contributed by atoms with Gasteiger partial charge in [0.25, 0.3) is 5.91 Å². The highest BCUT2D eigenvalue weighted by atomic mass is 19.1. The predicted octanol–water partition coefficient (Wildman–Crippen LogP) is 7.88. The molecule has 0 saturated carbocycles. The van der Waals surface area contributed by atoms with Crippen LogP contribution < -0.4 is 11.1 Å². The van der Waals surface area contributed by atoms with Crippen molar-refractivity contribution in [2.45, 2.75) is 101 Å². The van der Waals surface area contributed by atoms with Crippen molar-refractivity contribution in [3.63, 3.8) is 0 Å². The maximum atomic E-state index is 13.4. The summed E-state index contributed by atoms with van der Waals surface area (Å²) >= 11 is 0. The minimum Gasteiger partial charge on any atom is -0.383 e. The van der Waals surface area contributed by atoms with Gasteiger partial charge in [0, 0.05) is 25.5 Å². The zero-order valence-corrected chi connectivity index (χ0v) is 29.4. The van der Waals surface area contributed by atoms with Crippen LogP contribution in [-0.2, 0) is 17.8 Å². The number of nitrogens with one attached hydrogen (secondary N) is 1. The number of benzene rings is 2. The Hall–Kier alpha value is -4.27. The largest absolute Gasteiger partial charge is 0.383 e. The van der Waals surface area contributed by atoms with E-state index in [0.29, 0.717) is 36.1 Å². The third-order valence-corrected chi connectivity index (χ3v) is 6.50. The fourth-order valence-electron chi connectivity index (χ4n) is 3.79. The Balaban J connectivity index is 0.000000798. The molecule has 1 aromatic heterocycles. The number of amides is 1. The molecule has 252 valence electrons. The minimum atomic E-state index is -0.410. The molecule has 0 radical (unpaired) electrons. The van der Waals surface area contributed by atoms with Crippen LogP contribution in [0.25, 0.3) is 0 Å². The first-order valence-corrected chi connectivity index (χ1v) is 16.2. The summed E-state index contributed by atoms with van der Waals surface area (Å²) in [4.78, 5) is 46.8. The third kappa shape index (κ3) is 15.6. The number of hydrogen-bond acceptors (Lipinski definition) is 6. The number of rotatable bonds is 12. The van der Waals surface area contributed by atoms with Crippen molar-refractivity contribution in [1.82, 2.24) is 15.3 Å². The van der Waals surface area contributed by atoms with Gasteiger partial charge in [-0.1, -0.05) is 98.7 Å². The number of carbonyl (C=O) groups excluding carboxylic acids is 3. The number of nitrogens with two attached hydrogens (primary N) is 1. The predicted molar refractivity (Wildman–Crippen MR) is 187 cm³/mol. The van der Waals surface area contributed by atoms with Crippen molar-refractivity contribution in [1.29, 1.82) is 0 Å². The lowest BCUT2D eigenvalue weighted by Crippen LogP contribution is -2.24. The van der Waals surface area contributed by atoms with E-state index in [1.807, 2.05) is 46.8 Å². The van der Waals surface area contributed by atoms with Crippen LogP contribution >= 0.6 is 0 Å². The number of nitrogens with zero attached hydrogens (tertiary/aromatic N) is 3. The zero-order chi connectivity index (χ0) is 35.2. The molecular formula is C37H54FN5O3. The number of aromatic nitrogens is 2. The third-order valence-electron chi connectivity index (χ3n) is 6.50. The summed E-state index contributed by atoms with van der Waals surface area (Å²) in [5, 5.41) is 2.69. The summed E-state index contributed by atoms with van der Waals surface area (Å²) in [6.07, 6.45) is 3.26. The first-order chi connectivity index (χ1) is 21.9. The second kappa shape index (κ2) is 23.1. The number of carbonyl (C=O) groups is 3. The molecule has 2 aromatic carbocycles. The number of ketones is 2. The maximum absolute atomic E-state index is 13.4. The van der Waals surface area contributed by atoms with Crippen molar-refractivity contribution >= 4 is 23.3 Å². The Kier molecular flexibility index (Phi) is 21.0. The quantitative estimate of drug-likeness (QED) is 0.118. The van der Waals surface area contributed by atoms with Gasteiger partial charge in [-0.25, -0.2) is 14.4 Å². The van der Waals surface area contributed by atoms with E-state index in [9.17, 15) is 18.8 Å². The van der Waals surface area contributed by atoms with E-state index in [0.717, 1.165) is 17.5 Å². The van der Waals surface area contributed by atoms with Crippen LogP contribution in [0.4, 0.5) is 4.39 Å². The van der Waals surface area contributed by atoms with Gasteiger partial charge in [0.05, 0.1) is 6.54 Å². The summed E-state index contributed by atoms with van der Waals surface area (Å²) in [7, 11) is 0. The molecule has 3 aromatic rings. The second-order valence-electron chi connectivity index (χ2n) is 10.8. The number of Topliss-reactive ketones (excluding diaryl/α,β-unsaturated/α-hetero) is 2. The van der Waals surface area contributed by atoms with Gasteiger partial charge in [0.1, 0.15) is 29.4 Å². The summed E-state index contributed by atoms with van der Waals surface area (Å²) in [5.74, 6) is 0.747.